The molecule has 0 spiro atoms. The van der Waals surface area contributed by atoms with Crippen molar-refractivity contribution in [2.75, 3.05) is 19.0 Å². The number of rotatable bonds is 5. The van der Waals surface area contributed by atoms with Crippen LogP contribution in [0.15, 0.2) is 55.1 Å². The van der Waals surface area contributed by atoms with E-state index in [0.29, 0.717) is 62.3 Å². The molecule has 2 N–H and O–H groups in total. The molecule has 0 fully saturated rings. The molecule has 0 saturated heterocycles. The second kappa shape index (κ2) is 9.60. The quantitative estimate of drug-likeness (QED) is 0.352. The van der Waals surface area contributed by atoms with Crippen LogP contribution in [0.5, 0.6) is 5.75 Å². The minimum Gasteiger partial charge on any atom is -0.496 e. The third kappa shape index (κ3) is 4.33. The summed E-state index contributed by atoms with van der Waals surface area (Å²) in [5.41, 5.74) is 5.97. The largest absolute Gasteiger partial charge is 0.496 e. The number of hydrogen-bond donors (Lipinski definition) is 2. The second-order valence-corrected chi connectivity index (χ2v) is 9.66. The summed E-state index contributed by atoms with van der Waals surface area (Å²) in [7, 11) is 1.54. The summed E-state index contributed by atoms with van der Waals surface area (Å²) in [6, 6.07) is 9.19. The van der Waals surface area contributed by atoms with Crippen LogP contribution in [-0.2, 0) is 6.42 Å². The van der Waals surface area contributed by atoms with Crippen molar-refractivity contribution >= 4 is 38.8 Å². The van der Waals surface area contributed by atoms with Crippen LogP contribution in [0, 0.1) is 6.92 Å². The molecule has 0 bridgehead atoms. The van der Waals surface area contributed by atoms with E-state index in [2.05, 4.69) is 35.6 Å². The number of carbonyl (C=O) groups is 2. The van der Waals surface area contributed by atoms with E-state index in [0.717, 1.165) is 16.8 Å². The Bertz CT molecular complexity index is 1720. The van der Waals surface area contributed by atoms with Gasteiger partial charge in [0.05, 0.1) is 24.6 Å². The van der Waals surface area contributed by atoms with Gasteiger partial charge in [-0.15, -0.1) is 0 Å². The summed E-state index contributed by atoms with van der Waals surface area (Å²) < 4.78 is 5.63. The van der Waals surface area contributed by atoms with Crippen LogP contribution in [0.25, 0.3) is 32.9 Å². The molecule has 10 nitrogen and oxygen atoms in total. The first-order chi connectivity index (χ1) is 18.5. The van der Waals surface area contributed by atoms with Gasteiger partial charge in [-0.05, 0) is 49.2 Å². The molecule has 5 heterocycles. The van der Waals surface area contributed by atoms with E-state index in [4.69, 9.17) is 4.74 Å². The Labute approximate surface area is 221 Å². The average molecular weight is 524 g/mol. The fourth-order valence-corrected chi connectivity index (χ4v) is 5.19. The van der Waals surface area contributed by atoms with Crippen LogP contribution in [0.1, 0.15) is 32.0 Å². The molecule has 0 unspecified atom stereocenters. The fourth-order valence-electron chi connectivity index (χ4n) is 4.39. The van der Waals surface area contributed by atoms with Crippen LogP contribution in [-0.4, -0.2) is 50.4 Å². The van der Waals surface area contributed by atoms with E-state index in [1.165, 1.54) is 17.5 Å². The Kier molecular flexibility index (Phi) is 5.97. The first-order valence-electron chi connectivity index (χ1n) is 11.8. The van der Waals surface area contributed by atoms with Crippen molar-refractivity contribution in [2.45, 2.75) is 13.3 Å². The number of nitrogens with zero attached hydrogens (tertiary/aromatic N) is 5. The maximum absolute atomic E-state index is 13.5. The minimum atomic E-state index is -0.376. The lowest BCUT2D eigenvalue weighted by molar-refractivity contribution is 0.0944. The number of nitrogens with one attached hydrogen (secondary N) is 2. The van der Waals surface area contributed by atoms with Crippen LogP contribution in [0.2, 0.25) is 0 Å². The molecular weight excluding hydrogens is 502 g/mol. The van der Waals surface area contributed by atoms with Crippen molar-refractivity contribution < 1.29 is 14.3 Å². The van der Waals surface area contributed by atoms with Gasteiger partial charge < -0.3 is 10.1 Å². The highest BCUT2D eigenvalue weighted by molar-refractivity contribution is 7.21. The van der Waals surface area contributed by atoms with Gasteiger partial charge in [-0.2, -0.15) is 4.98 Å². The van der Waals surface area contributed by atoms with Crippen molar-refractivity contribution in [3.63, 3.8) is 0 Å². The summed E-state index contributed by atoms with van der Waals surface area (Å²) in [6.07, 6.45) is 7.26. The number of fused-ring (bicyclic) bond motifs is 2. The molecule has 38 heavy (non-hydrogen) atoms. The summed E-state index contributed by atoms with van der Waals surface area (Å²) in [5.74, 6) is -0.0129. The highest BCUT2D eigenvalue weighted by Gasteiger charge is 2.24. The van der Waals surface area contributed by atoms with Crippen molar-refractivity contribution in [3.05, 3.63) is 77.5 Å². The summed E-state index contributed by atoms with van der Waals surface area (Å²) >= 11 is 1.24. The van der Waals surface area contributed by atoms with Gasteiger partial charge in [-0.3, -0.25) is 24.9 Å². The molecule has 1 aliphatic rings. The first-order valence-corrected chi connectivity index (χ1v) is 12.6. The topological polar surface area (TPSA) is 132 Å². The highest BCUT2D eigenvalue weighted by Crippen LogP contribution is 2.36. The predicted octanol–water partition coefficient (Wildman–Crippen LogP) is 4.07. The number of anilines is 1. The molecule has 2 amide bonds. The third-order valence-electron chi connectivity index (χ3n) is 6.25. The van der Waals surface area contributed by atoms with Gasteiger partial charge in [0.25, 0.3) is 11.8 Å². The van der Waals surface area contributed by atoms with E-state index >= 15 is 0 Å². The van der Waals surface area contributed by atoms with E-state index in [1.807, 2.05) is 31.2 Å². The Morgan fingerprint density at radius 3 is 2.71 bits per heavy atom. The second-order valence-electron chi connectivity index (χ2n) is 8.68. The Morgan fingerprint density at radius 1 is 1.05 bits per heavy atom. The molecule has 5 aromatic rings. The lowest BCUT2D eigenvalue weighted by atomic mass is 9.92. The van der Waals surface area contributed by atoms with Crippen molar-refractivity contribution in [1.29, 1.82) is 0 Å². The average Bonchev–Trinajstić information content (AvgIpc) is 3.34. The number of benzene rings is 1. The zero-order chi connectivity index (χ0) is 26.2. The fraction of sp³-hybridized carbons (Fsp3) is 0.148. The van der Waals surface area contributed by atoms with Crippen molar-refractivity contribution in [2.24, 2.45) is 0 Å². The van der Waals surface area contributed by atoms with E-state index in [9.17, 15) is 9.59 Å². The lowest BCUT2D eigenvalue weighted by Crippen LogP contribution is -2.31. The summed E-state index contributed by atoms with van der Waals surface area (Å²) in [4.78, 5) is 48.3. The van der Waals surface area contributed by atoms with Gasteiger partial charge in [-0.25, -0.2) is 9.97 Å². The molecule has 0 radical (unpaired) electrons. The molecule has 4 aromatic heterocycles. The first kappa shape index (κ1) is 23.6. The monoisotopic (exact) mass is 523 g/mol. The number of amides is 2. The van der Waals surface area contributed by atoms with Gasteiger partial charge in [0, 0.05) is 53.1 Å². The normalized spacial score (nSPS) is 12.6. The number of ether oxygens (including phenoxy) is 1. The summed E-state index contributed by atoms with van der Waals surface area (Å²) in [6.45, 7) is 2.41. The van der Waals surface area contributed by atoms with Crippen LogP contribution >= 0.6 is 11.3 Å². The standard InChI is InChI=1S/C27H21N7O3S/c1-14-9-18(19-10-16-5-8-29-24(35)17(16)11-22(19)37-2)20(12-30-14)25(36)34-27-33-23-26(38-27)32-21(13-31-23)15-3-6-28-7-4-15/h3-4,6-7,9-13H,5,8H2,1-2H3,(H,29,35)(H,31,33,34,36). The number of pyridine rings is 2. The zero-order valence-corrected chi connectivity index (χ0v) is 21.3. The van der Waals surface area contributed by atoms with E-state index in [1.54, 1.807) is 31.8 Å². The van der Waals surface area contributed by atoms with Gasteiger partial charge in [-0.1, -0.05) is 11.3 Å². The molecule has 0 aliphatic carbocycles. The van der Waals surface area contributed by atoms with Crippen molar-refractivity contribution in [1.82, 2.24) is 30.2 Å². The number of thiazole rings is 1. The number of carbonyl (C=O) groups excluding carboxylic acids is 2. The molecular formula is C27H21N7O3S. The van der Waals surface area contributed by atoms with Gasteiger partial charge >= 0.3 is 0 Å². The zero-order valence-electron chi connectivity index (χ0n) is 20.5. The number of hydrogen-bond acceptors (Lipinski definition) is 9. The number of aromatic nitrogens is 5. The molecule has 1 aliphatic heterocycles. The lowest BCUT2D eigenvalue weighted by Gasteiger charge is -2.20. The predicted molar refractivity (Wildman–Crippen MR) is 143 cm³/mol. The maximum Gasteiger partial charge on any atom is 0.259 e. The smallest absolute Gasteiger partial charge is 0.259 e. The third-order valence-corrected chi connectivity index (χ3v) is 7.10. The number of aryl methyl sites for hydroxylation is 1. The Morgan fingerprint density at radius 2 is 1.89 bits per heavy atom. The van der Waals surface area contributed by atoms with E-state index in [-0.39, 0.29) is 11.8 Å². The van der Waals surface area contributed by atoms with Gasteiger partial charge in [0.1, 0.15) is 5.75 Å². The van der Waals surface area contributed by atoms with Crippen LogP contribution < -0.4 is 15.4 Å². The maximum atomic E-state index is 13.5. The van der Waals surface area contributed by atoms with Crippen LogP contribution in [0.3, 0.4) is 0 Å². The molecule has 11 heteroatoms. The van der Waals surface area contributed by atoms with Crippen molar-refractivity contribution in [3.8, 4) is 28.1 Å². The number of methoxy groups -OCH3 is 1. The Balaban J connectivity index is 1.36. The van der Waals surface area contributed by atoms with Gasteiger partial charge in [0.2, 0.25) is 0 Å². The Hall–Kier alpha value is -4.77. The van der Waals surface area contributed by atoms with Crippen LogP contribution in [0.4, 0.5) is 5.13 Å². The van der Waals surface area contributed by atoms with E-state index < -0.39 is 0 Å². The SMILES string of the molecule is COc1cc2c(cc1-c1cc(C)ncc1C(=O)Nc1nc3ncc(-c4ccncc4)nc3s1)CCNC2=O. The molecule has 0 saturated carbocycles. The molecule has 0 atom stereocenters. The minimum absolute atomic E-state index is 0.134. The molecule has 188 valence electrons. The summed E-state index contributed by atoms with van der Waals surface area (Å²) in [5, 5.41) is 6.10. The molecule has 1 aromatic carbocycles. The molecule has 6 rings (SSSR count). The highest BCUT2D eigenvalue weighted by atomic mass is 32.1. The van der Waals surface area contributed by atoms with Gasteiger partial charge in [0.15, 0.2) is 15.6 Å².